The molecule has 0 bridgehead atoms. The van der Waals surface area contributed by atoms with E-state index in [1.165, 1.54) is 23.2 Å². The van der Waals surface area contributed by atoms with Crippen LogP contribution in [0.3, 0.4) is 0 Å². The summed E-state index contributed by atoms with van der Waals surface area (Å²) in [6, 6.07) is 5.27. The average Bonchev–Trinajstić information content (AvgIpc) is 3.61. The van der Waals surface area contributed by atoms with E-state index in [0.29, 0.717) is 69.4 Å². The van der Waals surface area contributed by atoms with Crippen LogP contribution < -0.4 is 9.47 Å². The Bertz CT molecular complexity index is 892. The van der Waals surface area contributed by atoms with Gasteiger partial charge < -0.3 is 14.4 Å². The highest BCUT2D eigenvalue weighted by Crippen LogP contribution is 2.33. The molecule has 0 spiro atoms. The smallest absolute Gasteiger partial charge is 0.243 e. The Balaban J connectivity index is 1.34. The largest absolute Gasteiger partial charge is 0.486 e. The summed E-state index contributed by atoms with van der Waals surface area (Å²) in [7, 11) is -3.64. The summed E-state index contributed by atoms with van der Waals surface area (Å²) < 4.78 is 38.6. The Morgan fingerprint density at radius 3 is 2.42 bits per heavy atom. The third kappa shape index (κ3) is 5.32. The molecule has 4 rings (SSSR count). The zero-order valence-electron chi connectivity index (χ0n) is 18.5. The van der Waals surface area contributed by atoms with Gasteiger partial charge in [-0.25, -0.2) is 8.42 Å². The van der Waals surface area contributed by atoms with Crippen molar-refractivity contribution >= 4 is 15.9 Å². The van der Waals surface area contributed by atoms with Gasteiger partial charge in [0.15, 0.2) is 11.5 Å². The lowest BCUT2D eigenvalue weighted by Gasteiger charge is -2.35. The van der Waals surface area contributed by atoms with E-state index in [9.17, 15) is 13.2 Å². The number of hydrogen-bond acceptors (Lipinski definition) is 6. The molecule has 0 unspecified atom stereocenters. The van der Waals surface area contributed by atoms with Crippen molar-refractivity contribution in [1.82, 2.24) is 14.1 Å². The van der Waals surface area contributed by atoms with Crippen molar-refractivity contribution < 1.29 is 22.7 Å². The highest BCUT2D eigenvalue weighted by Gasteiger charge is 2.34. The number of ether oxygens (including phenoxy) is 2. The highest BCUT2D eigenvalue weighted by atomic mass is 32.2. The normalized spacial score (nSPS) is 19.8. The number of rotatable bonds is 8. The summed E-state index contributed by atoms with van der Waals surface area (Å²) in [5.74, 6) is 1.75. The second-order valence-corrected chi connectivity index (χ2v) is 10.9. The van der Waals surface area contributed by atoms with Gasteiger partial charge in [0.05, 0.1) is 11.4 Å². The van der Waals surface area contributed by atoms with Gasteiger partial charge in [0.1, 0.15) is 13.2 Å². The van der Waals surface area contributed by atoms with E-state index in [4.69, 9.17) is 9.47 Å². The van der Waals surface area contributed by atoms with E-state index in [1.54, 1.807) is 17.0 Å². The molecule has 1 aliphatic carbocycles. The lowest BCUT2D eigenvalue weighted by Crippen LogP contribution is -2.52. The minimum absolute atomic E-state index is 0.104. The number of carbonyl (C=O) groups excluding carboxylic acids is 1. The van der Waals surface area contributed by atoms with Crippen LogP contribution in [0.25, 0.3) is 0 Å². The standard InChI is InChI=1S/C22H33N3O5S/c1-17(2)7-8-24(18-3-4-18)16-22(26)23-9-11-25(12-10-23)31(27,28)19-5-6-20-21(15-19)30-14-13-29-20/h5-6,15,17-18H,3-4,7-14,16H2,1-2H3. The van der Waals surface area contributed by atoms with Crippen molar-refractivity contribution in [3.63, 3.8) is 0 Å². The molecule has 1 saturated heterocycles. The van der Waals surface area contributed by atoms with Crippen LogP contribution in [0.15, 0.2) is 23.1 Å². The predicted molar refractivity (Wildman–Crippen MR) is 117 cm³/mol. The maximum atomic E-state index is 13.1. The van der Waals surface area contributed by atoms with E-state index >= 15 is 0 Å². The van der Waals surface area contributed by atoms with E-state index in [1.807, 2.05) is 0 Å². The first kappa shape index (κ1) is 22.4. The molecular formula is C22H33N3O5S. The SMILES string of the molecule is CC(C)CCN(CC(=O)N1CCN(S(=O)(=O)c2ccc3c(c2)OCCO3)CC1)C1CC1. The Labute approximate surface area is 185 Å². The van der Waals surface area contributed by atoms with Crippen LogP contribution in [-0.4, -0.2) is 87.0 Å². The molecule has 2 fully saturated rings. The van der Waals surface area contributed by atoms with Crippen LogP contribution in [0, 0.1) is 5.92 Å². The van der Waals surface area contributed by atoms with Gasteiger partial charge >= 0.3 is 0 Å². The zero-order chi connectivity index (χ0) is 22.0. The fourth-order valence-corrected chi connectivity index (χ4v) is 5.48. The lowest BCUT2D eigenvalue weighted by atomic mass is 10.1. The van der Waals surface area contributed by atoms with Crippen LogP contribution in [0.1, 0.15) is 33.1 Å². The summed E-state index contributed by atoms with van der Waals surface area (Å²) >= 11 is 0. The van der Waals surface area contributed by atoms with Gasteiger partial charge in [-0.05, 0) is 43.9 Å². The van der Waals surface area contributed by atoms with Crippen LogP contribution in [0.5, 0.6) is 11.5 Å². The predicted octanol–water partition coefficient (Wildman–Crippen LogP) is 1.80. The van der Waals surface area contributed by atoms with Crippen LogP contribution >= 0.6 is 0 Å². The maximum absolute atomic E-state index is 13.1. The minimum atomic E-state index is -3.64. The van der Waals surface area contributed by atoms with Gasteiger partial charge in [-0.1, -0.05) is 13.8 Å². The summed E-state index contributed by atoms with van der Waals surface area (Å²) in [5, 5.41) is 0. The Kier molecular flexibility index (Phi) is 6.74. The quantitative estimate of drug-likeness (QED) is 0.600. The van der Waals surface area contributed by atoms with Crippen molar-refractivity contribution in [2.45, 2.75) is 44.0 Å². The van der Waals surface area contributed by atoms with Crippen molar-refractivity contribution in [2.75, 3.05) is 52.5 Å². The molecule has 2 aliphatic heterocycles. The number of amides is 1. The second-order valence-electron chi connectivity index (χ2n) is 8.97. The van der Waals surface area contributed by atoms with Crippen molar-refractivity contribution in [3.05, 3.63) is 18.2 Å². The van der Waals surface area contributed by atoms with Gasteiger partial charge in [-0.15, -0.1) is 0 Å². The van der Waals surface area contributed by atoms with Crippen molar-refractivity contribution in [2.24, 2.45) is 5.92 Å². The summed E-state index contributed by atoms with van der Waals surface area (Å²) in [4.78, 5) is 17.2. The summed E-state index contributed by atoms with van der Waals surface area (Å²) in [5.41, 5.74) is 0. The second kappa shape index (κ2) is 9.34. The number of hydrogen-bond donors (Lipinski definition) is 0. The molecule has 1 saturated carbocycles. The van der Waals surface area contributed by atoms with Crippen molar-refractivity contribution in [3.8, 4) is 11.5 Å². The number of benzene rings is 1. The summed E-state index contributed by atoms with van der Waals surface area (Å²) in [6.45, 7) is 8.12. The van der Waals surface area contributed by atoms with E-state index in [-0.39, 0.29) is 10.8 Å². The highest BCUT2D eigenvalue weighted by molar-refractivity contribution is 7.89. The molecule has 0 aromatic heterocycles. The monoisotopic (exact) mass is 451 g/mol. The molecule has 0 radical (unpaired) electrons. The van der Waals surface area contributed by atoms with Crippen LogP contribution in [-0.2, 0) is 14.8 Å². The fraction of sp³-hybridized carbons (Fsp3) is 0.682. The van der Waals surface area contributed by atoms with E-state index in [2.05, 4.69) is 18.7 Å². The third-order valence-electron chi connectivity index (χ3n) is 6.14. The molecule has 172 valence electrons. The molecule has 31 heavy (non-hydrogen) atoms. The molecule has 1 aromatic rings. The molecule has 2 heterocycles. The average molecular weight is 452 g/mol. The first-order chi connectivity index (χ1) is 14.8. The first-order valence-corrected chi connectivity index (χ1v) is 12.7. The molecule has 9 heteroatoms. The number of sulfonamides is 1. The lowest BCUT2D eigenvalue weighted by molar-refractivity contribution is -0.133. The van der Waals surface area contributed by atoms with Gasteiger partial charge in [0, 0.05) is 38.3 Å². The van der Waals surface area contributed by atoms with Gasteiger partial charge in [-0.3, -0.25) is 9.69 Å². The van der Waals surface area contributed by atoms with E-state index in [0.717, 1.165) is 13.0 Å². The Morgan fingerprint density at radius 2 is 1.77 bits per heavy atom. The molecule has 1 amide bonds. The van der Waals surface area contributed by atoms with E-state index < -0.39 is 10.0 Å². The number of carbonyl (C=O) groups is 1. The van der Waals surface area contributed by atoms with Crippen LogP contribution in [0.2, 0.25) is 0 Å². The number of piperazine rings is 1. The summed E-state index contributed by atoms with van der Waals surface area (Å²) in [6.07, 6.45) is 3.44. The zero-order valence-corrected chi connectivity index (χ0v) is 19.3. The number of fused-ring (bicyclic) bond motifs is 1. The topological polar surface area (TPSA) is 79.4 Å². The van der Waals surface area contributed by atoms with Crippen molar-refractivity contribution in [1.29, 1.82) is 0 Å². The van der Waals surface area contributed by atoms with Gasteiger partial charge in [0.2, 0.25) is 15.9 Å². The Morgan fingerprint density at radius 1 is 1.10 bits per heavy atom. The third-order valence-corrected chi connectivity index (χ3v) is 8.03. The first-order valence-electron chi connectivity index (χ1n) is 11.3. The number of nitrogens with zero attached hydrogens (tertiary/aromatic N) is 3. The Hall–Kier alpha value is -1.84. The molecule has 8 nitrogen and oxygen atoms in total. The molecule has 0 N–H and O–H groups in total. The minimum Gasteiger partial charge on any atom is -0.486 e. The maximum Gasteiger partial charge on any atom is 0.243 e. The van der Waals surface area contributed by atoms with Gasteiger partial charge in [0.25, 0.3) is 0 Å². The fourth-order valence-electron chi connectivity index (χ4n) is 4.04. The molecular weight excluding hydrogens is 418 g/mol. The molecule has 0 atom stereocenters. The van der Waals surface area contributed by atoms with Crippen LogP contribution in [0.4, 0.5) is 0 Å². The van der Waals surface area contributed by atoms with Gasteiger partial charge in [-0.2, -0.15) is 4.31 Å². The molecule has 1 aromatic carbocycles. The molecule has 3 aliphatic rings.